The lowest BCUT2D eigenvalue weighted by Crippen LogP contribution is -2.68. The minimum absolute atomic E-state index is 0.300. The average molecular weight is 267 g/mol. The predicted octanol–water partition coefficient (Wildman–Crippen LogP) is 1.27. The summed E-state index contributed by atoms with van der Waals surface area (Å²) in [6.45, 7) is 8.10. The highest BCUT2D eigenvalue weighted by molar-refractivity contribution is 5.79. The van der Waals surface area contributed by atoms with Crippen molar-refractivity contribution < 1.29 is 4.79 Å². The fourth-order valence-corrected chi connectivity index (χ4v) is 3.49. The molecular weight excluding hydrogens is 238 g/mol. The Bertz CT molecular complexity index is 301. The molecule has 4 heteroatoms. The first kappa shape index (κ1) is 14.8. The van der Waals surface area contributed by atoms with Crippen LogP contribution in [-0.4, -0.2) is 73.0 Å². The zero-order chi connectivity index (χ0) is 14.0. The molecule has 19 heavy (non-hydrogen) atoms. The monoisotopic (exact) mass is 267 g/mol. The molecule has 4 aliphatic heterocycles. The smallest absolute Gasteiger partial charge is 0.225 e. The number of carbonyl (C=O) groups excluding carboxylic acids is 1. The van der Waals surface area contributed by atoms with Crippen molar-refractivity contribution in [2.75, 3.05) is 40.3 Å². The number of likely N-dealkylation sites (N-methyl/N-ethyl adjacent to an activating group) is 1. The molecule has 4 rings (SSSR count). The van der Waals surface area contributed by atoms with Crippen LogP contribution < -0.4 is 0 Å². The van der Waals surface area contributed by atoms with E-state index < -0.39 is 0 Å². The first-order valence-electron chi connectivity index (χ1n) is 7.84. The number of amides is 1. The van der Waals surface area contributed by atoms with E-state index in [1.165, 1.54) is 6.42 Å². The SMILES string of the molecule is CC.CN1CCC(C(=O)N2CC3CC(C2)N3C)CC1. The molecule has 0 saturated carbocycles. The van der Waals surface area contributed by atoms with Gasteiger partial charge in [-0.1, -0.05) is 13.8 Å². The quantitative estimate of drug-likeness (QED) is 0.716. The van der Waals surface area contributed by atoms with Gasteiger partial charge < -0.3 is 9.80 Å². The molecule has 0 aliphatic carbocycles. The zero-order valence-corrected chi connectivity index (χ0v) is 12.9. The maximum Gasteiger partial charge on any atom is 0.225 e. The van der Waals surface area contributed by atoms with Crippen LogP contribution >= 0.6 is 0 Å². The van der Waals surface area contributed by atoms with Gasteiger partial charge in [0, 0.05) is 31.1 Å². The lowest BCUT2D eigenvalue weighted by Gasteiger charge is -2.55. The summed E-state index contributed by atoms with van der Waals surface area (Å²) in [4.78, 5) is 19.3. The Labute approximate surface area is 117 Å². The number of likely N-dealkylation sites (tertiary alicyclic amines) is 1. The van der Waals surface area contributed by atoms with Gasteiger partial charge in [-0.3, -0.25) is 9.69 Å². The van der Waals surface area contributed by atoms with Gasteiger partial charge in [-0.05, 0) is 46.4 Å². The minimum Gasteiger partial charge on any atom is -0.339 e. The molecule has 2 atom stereocenters. The van der Waals surface area contributed by atoms with Gasteiger partial charge in [0.1, 0.15) is 0 Å². The zero-order valence-electron chi connectivity index (χ0n) is 12.9. The topological polar surface area (TPSA) is 26.8 Å². The van der Waals surface area contributed by atoms with Gasteiger partial charge in [0.05, 0.1) is 0 Å². The Kier molecular flexibility index (Phi) is 4.85. The van der Waals surface area contributed by atoms with Crippen molar-refractivity contribution in [1.82, 2.24) is 14.7 Å². The molecule has 0 N–H and O–H groups in total. The summed E-state index contributed by atoms with van der Waals surface area (Å²) in [6, 6.07) is 1.29. The highest BCUT2D eigenvalue weighted by Gasteiger charge is 2.44. The molecule has 0 aromatic heterocycles. The molecule has 0 aromatic carbocycles. The second kappa shape index (κ2) is 6.23. The van der Waals surface area contributed by atoms with Crippen LogP contribution in [0.5, 0.6) is 0 Å². The number of rotatable bonds is 1. The molecule has 4 nitrogen and oxygen atoms in total. The van der Waals surface area contributed by atoms with E-state index in [4.69, 9.17) is 0 Å². The summed E-state index contributed by atoms with van der Waals surface area (Å²) in [5.74, 6) is 0.731. The number of carbonyl (C=O) groups is 1. The van der Waals surface area contributed by atoms with E-state index in [1.807, 2.05) is 13.8 Å². The molecule has 2 bridgehead atoms. The molecule has 1 amide bonds. The van der Waals surface area contributed by atoms with Crippen LogP contribution in [0.15, 0.2) is 0 Å². The second-order valence-electron chi connectivity index (χ2n) is 6.03. The summed E-state index contributed by atoms with van der Waals surface area (Å²) in [6.07, 6.45) is 3.40. The molecule has 0 radical (unpaired) electrons. The molecule has 4 heterocycles. The largest absolute Gasteiger partial charge is 0.339 e. The maximum absolute atomic E-state index is 12.4. The van der Waals surface area contributed by atoms with Crippen molar-refractivity contribution >= 4 is 5.91 Å². The average Bonchev–Trinajstić information content (AvgIpc) is 2.49. The molecule has 0 aromatic rings. The lowest BCUT2D eigenvalue weighted by atomic mass is 9.86. The number of piperazine rings is 1. The van der Waals surface area contributed by atoms with Crippen LogP contribution in [0.2, 0.25) is 0 Å². The molecule has 2 unspecified atom stereocenters. The predicted molar refractivity (Wildman–Crippen MR) is 78.1 cm³/mol. The van der Waals surface area contributed by atoms with Crippen LogP contribution in [0.4, 0.5) is 0 Å². The molecular formula is C15H29N3O. The molecule has 0 spiro atoms. The highest BCUT2D eigenvalue weighted by Crippen LogP contribution is 2.31. The Morgan fingerprint density at radius 2 is 1.53 bits per heavy atom. The Hall–Kier alpha value is -0.610. The normalized spacial score (nSPS) is 32.3. The fourth-order valence-electron chi connectivity index (χ4n) is 3.49. The number of hydrogen-bond donors (Lipinski definition) is 0. The van der Waals surface area contributed by atoms with Gasteiger partial charge in [0.25, 0.3) is 0 Å². The number of nitrogens with zero attached hydrogens (tertiary/aromatic N) is 3. The van der Waals surface area contributed by atoms with Crippen LogP contribution in [0, 0.1) is 5.92 Å². The van der Waals surface area contributed by atoms with Gasteiger partial charge in [-0.2, -0.15) is 0 Å². The van der Waals surface area contributed by atoms with Gasteiger partial charge in [-0.15, -0.1) is 0 Å². The summed E-state index contributed by atoms with van der Waals surface area (Å²) in [5.41, 5.74) is 0. The van der Waals surface area contributed by atoms with E-state index in [1.54, 1.807) is 0 Å². The Morgan fingerprint density at radius 1 is 1.00 bits per heavy atom. The maximum atomic E-state index is 12.4. The van der Waals surface area contributed by atoms with E-state index in [0.29, 0.717) is 23.9 Å². The van der Waals surface area contributed by atoms with E-state index in [-0.39, 0.29) is 0 Å². The number of hydrogen-bond acceptors (Lipinski definition) is 3. The standard InChI is InChI=1S/C13H23N3O.C2H6/c1-14-5-3-10(4-6-14)13(17)16-8-11-7-12(9-16)15(11)2;1-2/h10-12H,3-9H2,1-2H3;1-2H3. The Balaban J connectivity index is 0.000000637. The van der Waals surface area contributed by atoms with Crippen LogP contribution in [0.25, 0.3) is 0 Å². The van der Waals surface area contributed by atoms with Crippen LogP contribution in [-0.2, 0) is 4.79 Å². The number of piperidine rings is 2. The van der Waals surface area contributed by atoms with Gasteiger partial charge in [0.15, 0.2) is 0 Å². The van der Waals surface area contributed by atoms with Crippen molar-refractivity contribution in [3.05, 3.63) is 0 Å². The molecule has 4 fully saturated rings. The molecule has 4 aliphatic rings. The van der Waals surface area contributed by atoms with Gasteiger partial charge in [-0.25, -0.2) is 0 Å². The third-order valence-electron chi connectivity index (χ3n) is 4.94. The van der Waals surface area contributed by atoms with Crippen molar-refractivity contribution in [3.63, 3.8) is 0 Å². The molecule has 4 saturated heterocycles. The third kappa shape index (κ3) is 2.95. The van der Waals surface area contributed by atoms with Crippen molar-refractivity contribution in [1.29, 1.82) is 0 Å². The summed E-state index contributed by atoms with van der Waals surface area (Å²) in [5, 5.41) is 0. The van der Waals surface area contributed by atoms with Crippen LogP contribution in [0.1, 0.15) is 33.1 Å². The van der Waals surface area contributed by atoms with Gasteiger partial charge >= 0.3 is 0 Å². The van der Waals surface area contributed by atoms with Crippen molar-refractivity contribution in [3.8, 4) is 0 Å². The van der Waals surface area contributed by atoms with Crippen molar-refractivity contribution in [2.24, 2.45) is 5.92 Å². The highest BCUT2D eigenvalue weighted by atomic mass is 16.2. The summed E-state index contributed by atoms with van der Waals surface area (Å²) >= 11 is 0. The third-order valence-corrected chi connectivity index (χ3v) is 4.94. The van der Waals surface area contributed by atoms with Gasteiger partial charge in [0.2, 0.25) is 5.91 Å². The second-order valence-corrected chi connectivity index (χ2v) is 6.03. The summed E-state index contributed by atoms with van der Waals surface area (Å²) in [7, 11) is 4.34. The van der Waals surface area contributed by atoms with E-state index in [9.17, 15) is 4.79 Å². The van der Waals surface area contributed by atoms with E-state index in [2.05, 4.69) is 28.8 Å². The lowest BCUT2D eigenvalue weighted by molar-refractivity contribution is -0.147. The van der Waals surface area contributed by atoms with E-state index >= 15 is 0 Å². The minimum atomic E-state index is 0.300. The first-order valence-corrected chi connectivity index (χ1v) is 7.84. The van der Waals surface area contributed by atoms with Crippen molar-refractivity contribution in [2.45, 2.75) is 45.2 Å². The first-order chi connectivity index (χ1) is 9.15. The number of fused-ring (bicyclic) bond motifs is 2. The fraction of sp³-hybridized carbons (Fsp3) is 0.933. The van der Waals surface area contributed by atoms with Crippen LogP contribution in [0.3, 0.4) is 0 Å². The molecule has 110 valence electrons. The van der Waals surface area contributed by atoms with E-state index in [0.717, 1.165) is 39.0 Å². The Morgan fingerprint density at radius 3 is 2.00 bits per heavy atom. The summed E-state index contributed by atoms with van der Waals surface area (Å²) < 4.78 is 0.